The zero-order chi connectivity index (χ0) is 16.0. The number of benzene rings is 2. The Morgan fingerprint density at radius 1 is 0.955 bits per heavy atom. The summed E-state index contributed by atoms with van der Waals surface area (Å²) in [6.45, 7) is 7.43. The summed E-state index contributed by atoms with van der Waals surface area (Å²) in [6.07, 6.45) is 0. The molecule has 0 aliphatic rings. The lowest BCUT2D eigenvalue weighted by atomic mass is 9.80. The van der Waals surface area contributed by atoms with Crippen molar-refractivity contribution in [1.29, 1.82) is 0 Å². The first kappa shape index (κ1) is 15.5. The molecule has 0 aliphatic carbocycles. The molecule has 0 bridgehead atoms. The van der Waals surface area contributed by atoms with Gasteiger partial charge in [0.2, 0.25) is 0 Å². The van der Waals surface area contributed by atoms with Gasteiger partial charge < -0.3 is 9.76 Å². The van der Waals surface area contributed by atoms with Crippen LogP contribution in [0.3, 0.4) is 0 Å². The van der Waals surface area contributed by atoms with Crippen molar-refractivity contribution in [2.45, 2.75) is 38.9 Å². The van der Waals surface area contributed by atoms with Crippen LogP contribution in [0.5, 0.6) is 0 Å². The van der Waals surface area contributed by atoms with Crippen LogP contribution in [0.4, 0.5) is 0 Å². The third-order valence-corrected chi connectivity index (χ3v) is 5.69. The molecule has 1 N–H and O–H groups in total. The van der Waals surface area contributed by atoms with Crippen molar-refractivity contribution >= 4 is 44.5 Å². The predicted octanol–water partition coefficient (Wildman–Crippen LogP) is 3.60. The van der Waals surface area contributed by atoms with E-state index in [4.69, 9.17) is 4.65 Å². The Kier molecular flexibility index (Phi) is 3.80. The molecule has 0 atom stereocenters. The molecule has 114 valence electrons. The number of rotatable bonds is 4. The molecular weight excluding hydrogens is 291 g/mol. The second kappa shape index (κ2) is 5.37. The molecule has 1 heterocycles. The molecule has 0 saturated heterocycles. The van der Waals surface area contributed by atoms with Gasteiger partial charge in [-0.25, -0.2) is 0 Å². The van der Waals surface area contributed by atoms with Crippen molar-refractivity contribution in [3.63, 3.8) is 0 Å². The first-order valence-electron chi connectivity index (χ1n) is 7.55. The Morgan fingerprint density at radius 3 is 2.36 bits per heavy atom. The van der Waals surface area contributed by atoms with E-state index in [1.54, 1.807) is 13.8 Å². The maximum absolute atomic E-state index is 10.2. The molecule has 0 aliphatic heterocycles. The van der Waals surface area contributed by atoms with Crippen LogP contribution in [-0.2, 0) is 4.65 Å². The highest BCUT2D eigenvalue weighted by molar-refractivity contribution is 7.26. The minimum atomic E-state index is -0.891. The Labute approximate surface area is 136 Å². The van der Waals surface area contributed by atoms with Crippen LogP contribution in [0.25, 0.3) is 20.2 Å². The van der Waals surface area contributed by atoms with E-state index in [0.717, 1.165) is 0 Å². The van der Waals surface area contributed by atoms with Gasteiger partial charge in [0, 0.05) is 9.40 Å². The average molecular weight is 312 g/mol. The van der Waals surface area contributed by atoms with E-state index in [2.05, 4.69) is 42.5 Å². The molecule has 0 spiro atoms. The third kappa shape index (κ3) is 2.67. The Hall–Kier alpha value is -1.36. The van der Waals surface area contributed by atoms with E-state index < -0.39 is 11.2 Å². The molecule has 2 nitrogen and oxygen atoms in total. The molecule has 3 rings (SSSR count). The summed E-state index contributed by atoms with van der Waals surface area (Å²) in [7, 11) is 0.495. The molecule has 1 aromatic heterocycles. The highest BCUT2D eigenvalue weighted by atomic mass is 32.1. The van der Waals surface area contributed by atoms with Gasteiger partial charge >= 0.3 is 7.48 Å². The first-order chi connectivity index (χ1) is 10.3. The normalized spacial score (nSPS) is 13.0. The summed E-state index contributed by atoms with van der Waals surface area (Å²) in [5.41, 5.74) is -0.328. The van der Waals surface area contributed by atoms with Gasteiger partial charge in [-0.3, -0.25) is 0 Å². The summed E-state index contributed by atoms with van der Waals surface area (Å²) in [6, 6.07) is 14.8. The van der Waals surface area contributed by atoms with E-state index in [0.29, 0.717) is 7.48 Å². The fraction of sp³-hybridized carbons (Fsp3) is 0.333. The highest BCUT2D eigenvalue weighted by Gasteiger charge is 2.35. The van der Waals surface area contributed by atoms with Crippen molar-refractivity contribution in [3.8, 4) is 0 Å². The van der Waals surface area contributed by atoms with E-state index in [9.17, 15) is 5.11 Å². The average Bonchev–Trinajstić information content (AvgIpc) is 2.83. The molecule has 4 heteroatoms. The fourth-order valence-corrected chi connectivity index (χ4v) is 3.56. The topological polar surface area (TPSA) is 29.5 Å². The van der Waals surface area contributed by atoms with E-state index in [1.165, 1.54) is 25.6 Å². The van der Waals surface area contributed by atoms with Crippen LogP contribution in [0, 0.1) is 0 Å². The monoisotopic (exact) mass is 312 g/mol. The van der Waals surface area contributed by atoms with Gasteiger partial charge in [0.25, 0.3) is 0 Å². The first-order valence-corrected chi connectivity index (χ1v) is 8.37. The second-order valence-electron chi connectivity index (χ2n) is 6.75. The van der Waals surface area contributed by atoms with Crippen LogP contribution in [0.1, 0.15) is 27.7 Å². The second-order valence-corrected chi connectivity index (χ2v) is 7.83. The van der Waals surface area contributed by atoms with Crippen LogP contribution < -0.4 is 5.46 Å². The third-order valence-electron chi connectivity index (χ3n) is 4.55. The molecule has 0 radical (unpaired) electrons. The lowest BCUT2D eigenvalue weighted by Crippen LogP contribution is -2.49. The maximum atomic E-state index is 10.2. The molecular formula is C18H21BO2S. The zero-order valence-corrected chi connectivity index (χ0v) is 14.3. The Bertz CT molecular complexity index is 815. The van der Waals surface area contributed by atoms with Gasteiger partial charge in [0.15, 0.2) is 0 Å². The zero-order valence-electron chi connectivity index (χ0n) is 13.5. The molecule has 3 aromatic rings. The summed E-state index contributed by atoms with van der Waals surface area (Å²) in [5.74, 6) is 0. The van der Waals surface area contributed by atoms with Crippen LogP contribution >= 0.6 is 11.3 Å². The van der Waals surface area contributed by atoms with Gasteiger partial charge in [0.05, 0.1) is 11.2 Å². The predicted molar refractivity (Wildman–Crippen MR) is 97.6 cm³/mol. The van der Waals surface area contributed by atoms with Gasteiger partial charge in [-0.15, -0.1) is 11.3 Å². The minimum Gasteiger partial charge on any atom is -0.427 e. The largest absolute Gasteiger partial charge is 0.427 e. The molecule has 0 unspecified atom stereocenters. The summed E-state index contributed by atoms with van der Waals surface area (Å²) in [5, 5.41) is 12.8. The van der Waals surface area contributed by atoms with E-state index >= 15 is 0 Å². The molecule has 22 heavy (non-hydrogen) atoms. The number of hydrogen-bond acceptors (Lipinski definition) is 3. The SMILES string of the molecule is CC(C)(O)C(C)(C)OBc1cccc2sc3ccccc3c12. The lowest BCUT2D eigenvalue weighted by Gasteiger charge is -2.37. The van der Waals surface area contributed by atoms with Crippen LogP contribution in [0.15, 0.2) is 42.5 Å². The number of fused-ring (bicyclic) bond motifs is 3. The fourth-order valence-electron chi connectivity index (χ4n) is 2.40. The van der Waals surface area contributed by atoms with Crippen molar-refractivity contribution in [1.82, 2.24) is 0 Å². The summed E-state index contributed by atoms with van der Waals surface area (Å²) < 4.78 is 8.64. The van der Waals surface area contributed by atoms with Crippen molar-refractivity contribution < 1.29 is 9.76 Å². The molecule has 0 fully saturated rings. The van der Waals surface area contributed by atoms with Gasteiger partial charge in [-0.2, -0.15) is 0 Å². The van der Waals surface area contributed by atoms with Crippen LogP contribution in [-0.4, -0.2) is 23.8 Å². The quantitative estimate of drug-likeness (QED) is 0.746. The maximum Gasteiger partial charge on any atom is 0.310 e. The van der Waals surface area contributed by atoms with Crippen molar-refractivity contribution in [3.05, 3.63) is 42.5 Å². The minimum absolute atomic E-state index is 0.495. The number of hydrogen-bond donors (Lipinski definition) is 1. The van der Waals surface area contributed by atoms with Gasteiger partial charge in [0.1, 0.15) is 0 Å². The Morgan fingerprint density at radius 2 is 1.64 bits per heavy atom. The number of aliphatic hydroxyl groups is 1. The highest BCUT2D eigenvalue weighted by Crippen LogP contribution is 2.32. The molecule has 0 amide bonds. The summed E-state index contributed by atoms with van der Waals surface area (Å²) >= 11 is 1.81. The summed E-state index contributed by atoms with van der Waals surface area (Å²) in [4.78, 5) is 0. The lowest BCUT2D eigenvalue weighted by molar-refractivity contribution is -0.0893. The van der Waals surface area contributed by atoms with Gasteiger partial charge in [-0.05, 0) is 56.1 Å². The van der Waals surface area contributed by atoms with Gasteiger partial charge in [-0.1, -0.05) is 30.3 Å². The molecule has 0 saturated carbocycles. The molecule has 2 aromatic carbocycles. The van der Waals surface area contributed by atoms with E-state index in [1.807, 2.05) is 25.2 Å². The van der Waals surface area contributed by atoms with Crippen molar-refractivity contribution in [2.24, 2.45) is 0 Å². The van der Waals surface area contributed by atoms with Crippen LogP contribution in [0.2, 0.25) is 0 Å². The number of thiophene rings is 1. The Balaban J connectivity index is 2.01. The van der Waals surface area contributed by atoms with E-state index in [-0.39, 0.29) is 0 Å². The smallest absolute Gasteiger partial charge is 0.310 e. The van der Waals surface area contributed by atoms with Crippen molar-refractivity contribution in [2.75, 3.05) is 0 Å². The standard InChI is InChI=1S/C18H21BO2S/c1-17(2,20)18(3,4)21-19-13-9-7-11-15-16(13)12-8-5-6-10-14(12)22-15/h5-11,19-20H,1-4H3.